The molecule has 1 aliphatic rings. The lowest BCUT2D eigenvalue weighted by Gasteiger charge is -2.44. The van der Waals surface area contributed by atoms with Gasteiger partial charge in [-0.25, -0.2) is 0 Å². The molecule has 74 valence electrons. The van der Waals surface area contributed by atoms with Crippen molar-refractivity contribution < 1.29 is 9.53 Å². The Kier molecular flexibility index (Phi) is 2.16. The molecule has 2 unspecified atom stereocenters. The number of rotatable bonds is 2. The Morgan fingerprint density at radius 1 is 1.36 bits per heavy atom. The second kappa shape index (κ2) is 3.21. The molecule has 0 heterocycles. The van der Waals surface area contributed by atoms with Gasteiger partial charge in [-0.3, -0.25) is 4.79 Å². The van der Waals surface area contributed by atoms with Gasteiger partial charge in [0.05, 0.1) is 0 Å². The first kappa shape index (κ1) is 9.41. The highest BCUT2D eigenvalue weighted by atomic mass is 16.5. The van der Waals surface area contributed by atoms with Crippen molar-refractivity contribution in [3.8, 4) is 0 Å². The van der Waals surface area contributed by atoms with E-state index in [9.17, 15) is 4.79 Å². The minimum absolute atomic E-state index is 0.203. The van der Waals surface area contributed by atoms with Crippen molar-refractivity contribution in [1.82, 2.24) is 0 Å². The highest BCUT2D eigenvalue weighted by molar-refractivity contribution is 5.95. The average Bonchev–Trinajstić information content (AvgIpc) is 2.25. The van der Waals surface area contributed by atoms with E-state index in [0.717, 1.165) is 0 Å². The highest BCUT2D eigenvalue weighted by Crippen LogP contribution is 2.44. The summed E-state index contributed by atoms with van der Waals surface area (Å²) in [7, 11) is 1.60. The monoisotopic (exact) mass is 190 g/mol. The summed E-state index contributed by atoms with van der Waals surface area (Å²) in [6.07, 6.45) is 0.606. The van der Waals surface area contributed by atoms with Crippen LogP contribution >= 0.6 is 0 Å². The van der Waals surface area contributed by atoms with Crippen LogP contribution in [0.2, 0.25) is 0 Å². The standard InChI is InChI=1S/C12H14O2/c1-12(14-2)10(8-11(12)13)9-6-4-3-5-7-9/h3-7,10H,8H2,1-2H3. The number of ether oxygens (including phenoxy) is 1. The van der Waals surface area contributed by atoms with Gasteiger partial charge in [0, 0.05) is 19.4 Å². The third kappa shape index (κ3) is 1.18. The van der Waals surface area contributed by atoms with Gasteiger partial charge in [-0.15, -0.1) is 0 Å². The van der Waals surface area contributed by atoms with Crippen LogP contribution in [-0.4, -0.2) is 18.5 Å². The first-order valence-electron chi connectivity index (χ1n) is 4.82. The Balaban J connectivity index is 2.27. The van der Waals surface area contributed by atoms with Crippen molar-refractivity contribution in [1.29, 1.82) is 0 Å². The second-order valence-corrected chi connectivity index (χ2v) is 3.90. The Morgan fingerprint density at radius 3 is 2.50 bits per heavy atom. The number of ketones is 1. The van der Waals surface area contributed by atoms with Crippen molar-refractivity contribution in [2.75, 3.05) is 7.11 Å². The molecule has 0 amide bonds. The maximum Gasteiger partial charge on any atom is 0.165 e. The van der Waals surface area contributed by atoms with Crippen molar-refractivity contribution in [3.05, 3.63) is 35.9 Å². The molecule has 2 nitrogen and oxygen atoms in total. The maximum atomic E-state index is 11.4. The number of hydrogen-bond donors (Lipinski definition) is 0. The SMILES string of the molecule is COC1(C)C(=O)CC1c1ccccc1. The van der Waals surface area contributed by atoms with E-state index >= 15 is 0 Å². The minimum atomic E-state index is -0.596. The summed E-state index contributed by atoms with van der Waals surface area (Å²) in [6, 6.07) is 10.1. The van der Waals surface area contributed by atoms with Crippen LogP contribution in [0.25, 0.3) is 0 Å². The maximum absolute atomic E-state index is 11.4. The molecule has 2 atom stereocenters. The topological polar surface area (TPSA) is 26.3 Å². The molecular formula is C12H14O2. The number of benzene rings is 1. The van der Waals surface area contributed by atoms with Crippen molar-refractivity contribution >= 4 is 5.78 Å². The van der Waals surface area contributed by atoms with Crippen LogP contribution in [0.4, 0.5) is 0 Å². The van der Waals surface area contributed by atoms with Crippen LogP contribution in [0, 0.1) is 0 Å². The summed E-state index contributed by atoms with van der Waals surface area (Å²) in [4.78, 5) is 11.4. The quantitative estimate of drug-likeness (QED) is 0.714. The number of carbonyl (C=O) groups excluding carboxylic acids is 1. The van der Waals surface area contributed by atoms with Gasteiger partial charge in [-0.05, 0) is 12.5 Å². The summed E-state index contributed by atoms with van der Waals surface area (Å²) in [5, 5.41) is 0. The van der Waals surface area contributed by atoms with E-state index in [1.807, 2.05) is 37.3 Å². The average molecular weight is 190 g/mol. The van der Waals surface area contributed by atoms with Gasteiger partial charge in [-0.1, -0.05) is 30.3 Å². The van der Waals surface area contributed by atoms with Crippen molar-refractivity contribution in [3.63, 3.8) is 0 Å². The zero-order chi connectivity index (χ0) is 10.2. The molecule has 0 aliphatic heterocycles. The Hall–Kier alpha value is -1.15. The smallest absolute Gasteiger partial charge is 0.165 e. The summed E-state index contributed by atoms with van der Waals surface area (Å²) in [5.74, 6) is 0.426. The third-order valence-electron chi connectivity index (χ3n) is 3.23. The van der Waals surface area contributed by atoms with E-state index < -0.39 is 5.60 Å². The number of methoxy groups -OCH3 is 1. The molecule has 0 N–H and O–H groups in total. The van der Waals surface area contributed by atoms with Crippen LogP contribution in [0.15, 0.2) is 30.3 Å². The van der Waals surface area contributed by atoms with Crippen LogP contribution in [-0.2, 0) is 9.53 Å². The lowest BCUT2D eigenvalue weighted by Crippen LogP contribution is -2.53. The highest BCUT2D eigenvalue weighted by Gasteiger charge is 2.52. The van der Waals surface area contributed by atoms with Gasteiger partial charge in [0.2, 0.25) is 0 Å². The predicted octanol–water partition coefficient (Wildman–Crippen LogP) is 2.15. The molecule has 14 heavy (non-hydrogen) atoms. The fourth-order valence-corrected chi connectivity index (χ4v) is 2.02. The van der Waals surface area contributed by atoms with Crippen LogP contribution in [0.1, 0.15) is 24.8 Å². The zero-order valence-electron chi connectivity index (χ0n) is 8.49. The number of hydrogen-bond acceptors (Lipinski definition) is 2. The molecule has 1 aromatic rings. The molecule has 0 saturated heterocycles. The number of Topliss-reactive ketones (excluding diaryl/α,β-unsaturated/α-hetero) is 1. The molecule has 2 heteroatoms. The molecule has 2 rings (SSSR count). The van der Waals surface area contributed by atoms with E-state index in [-0.39, 0.29) is 11.7 Å². The lowest BCUT2D eigenvalue weighted by molar-refractivity contribution is -0.157. The second-order valence-electron chi connectivity index (χ2n) is 3.90. The van der Waals surface area contributed by atoms with Gasteiger partial charge in [0.25, 0.3) is 0 Å². The largest absolute Gasteiger partial charge is 0.370 e. The number of carbonyl (C=O) groups is 1. The van der Waals surface area contributed by atoms with Crippen molar-refractivity contribution in [2.24, 2.45) is 0 Å². The summed E-state index contributed by atoms with van der Waals surface area (Å²) < 4.78 is 5.30. The van der Waals surface area contributed by atoms with Gasteiger partial charge < -0.3 is 4.74 Å². The van der Waals surface area contributed by atoms with Gasteiger partial charge >= 0.3 is 0 Å². The molecule has 1 aliphatic carbocycles. The Labute approximate surface area is 83.9 Å². The van der Waals surface area contributed by atoms with Crippen LogP contribution in [0.3, 0.4) is 0 Å². The van der Waals surface area contributed by atoms with E-state index in [1.54, 1.807) is 7.11 Å². The fraction of sp³-hybridized carbons (Fsp3) is 0.417. The van der Waals surface area contributed by atoms with Gasteiger partial charge in [-0.2, -0.15) is 0 Å². The molecule has 0 radical (unpaired) electrons. The van der Waals surface area contributed by atoms with E-state index in [2.05, 4.69) is 0 Å². The van der Waals surface area contributed by atoms with Gasteiger partial charge in [0.1, 0.15) is 5.60 Å². The molecular weight excluding hydrogens is 176 g/mol. The normalized spacial score (nSPS) is 31.3. The van der Waals surface area contributed by atoms with Crippen LogP contribution < -0.4 is 0 Å². The Bertz CT molecular complexity index is 345. The molecule has 0 aromatic heterocycles. The molecule has 1 saturated carbocycles. The predicted molar refractivity (Wildman–Crippen MR) is 54.2 cm³/mol. The molecule has 0 spiro atoms. The van der Waals surface area contributed by atoms with E-state index in [0.29, 0.717) is 6.42 Å². The van der Waals surface area contributed by atoms with Gasteiger partial charge in [0.15, 0.2) is 5.78 Å². The molecule has 1 fully saturated rings. The molecule has 0 bridgehead atoms. The summed E-state index contributed by atoms with van der Waals surface area (Å²) in [5.41, 5.74) is 0.595. The first-order chi connectivity index (χ1) is 6.68. The van der Waals surface area contributed by atoms with E-state index in [1.165, 1.54) is 5.56 Å². The minimum Gasteiger partial charge on any atom is -0.370 e. The zero-order valence-corrected chi connectivity index (χ0v) is 8.49. The summed E-state index contributed by atoms with van der Waals surface area (Å²) in [6.45, 7) is 1.87. The van der Waals surface area contributed by atoms with E-state index in [4.69, 9.17) is 4.74 Å². The fourth-order valence-electron chi connectivity index (χ4n) is 2.02. The first-order valence-corrected chi connectivity index (χ1v) is 4.82. The molecule has 1 aromatic carbocycles. The Morgan fingerprint density at radius 2 is 2.00 bits per heavy atom. The lowest BCUT2D eigenvalue weighted by atomic mass is 9.66. The third-order valence-corrected chi connectivity index (χ3v) is 3.23. The van der Waals surface area contributed by atoms with Crippen molar-refractivity contribution in [2.45, 2.75) is 24.9 Å². The summed E-state index contributed by atoms with van der Waals surface area (Å²) >= 11 is 0. The van der Waals surface area contributed by atoms with Crippen LogP contribution in [0.5, 0.6) is 0 Å².